The molecule has 4 rings (SSSR count). The third kappa shape index (κ3) is 3.04. The van der Waals surface area contributed by atoms with Crippen molar-refractivity contribution >= 4 is 28.0 Å². The molecule has 0 spiro atoms. The van der Waals surface area contributed by atoms with Crippen molar-refractivity contribution in [2.45, 2.75) is 26.4 Å². The topological polar surface area (TPSA) is 67.4 Å². The first-order valence-electron chi connectivity index (χ1n) is 8.61. The minimum atomic E-state index is -0.266. The third-order valence-electron chi connectivity index (χ3n) is 4.52. The Kier molecular flexibility index (Phi) is 4.13. The number of aryl methyl sites for hydroxylation is 1. The Labute approximate surface area is 151 Å². The van der Waals surface area contributed by atoms with E-state index < -0.39 is 0 Å². The number of amides is 2. The van der Waals surface area contributed by atoms with Gasteiger partial charge in [-0.25, -0.2) is 4.79 Å². The molecule has 0 aliphatic carbocycles. The van der Waals surface area contributed by atoms with Crippen molar-refractivity contribution in [3.8, 4) is 0 Å². The fraction of sp³-hybridized carbons (Fsp3) is 0.190. The molecule has 0 saturated heterocycles. The maximum atomic E-state index is 12.2. The van der Waals surface area contributed by atoms with E-state index >= 15 is 0 Å². The second kappa shape index (κ2) is 6.59. The third-order valence-corrected chi connectivity index (χ3v) is 4.52. The van der Waals surface area contributed by atoms with Crippen molar-refractivity contribution in [1.82, 2.24) is 10.6 Å². The number of hydrogen-bond donors (Lipinski definition) is 2. The summed E-state index contributed by atoms with van der Waals surface area (Å²) in [5.74, 6) is 1.49. The highest BCUT2D eigenvalue weighted by molar-refractivity contribution is 5.82. The van der Waals surface area contributed by atoms with Crippen molar-refractivity contribution in [3.63, 3.8) is 0 Å². The zero-order valence-corrected chi connectivity index (χ0v) is 14.7. The molecule has 2 amide bonds. The molecule has 0 aliphatic rings. The highest BCUT2D eigenvalue weighted by Crippen LogP contribution is 2.29. The minimum Gasteiger partial charge on any atom is -0.459 e. The van der Waals surface area contributed by atoms with Gasteiger partial charge in [0.05, 0.1) is 12.6 Å². The van der Waals surface area contributed by atoms with Crippen LogP contribution in [0.5, 0.6) is 0 Å². The Balaban J connectivity index is 1.41. The summed E-state index contributed by atoms with van der Waals surface area (Å²) in [6, 6.07) is 17.1. The van der Waals surface area contributed by atoms with E-state index in [0.717, 1.165) is 33.3 Å². The van der Waals surface area contributed by atoms with E-state index in [4.69, 9.17) is 8.83 Å². The van der Waals surface area contributed by atoms with Crippen molar-refractivity contribution in [2.24, 2.45) is 0 Å². The van der Waals surface area contributed by atoms with Gasteiger partial charge in [-0.2, -0.15) is 0 Å². The summed E-state index contributed by atoms with van der Waals surface area (Å²) in [7, 11) is 0. The zero-order chi connectivity index (χ0) is 18.1. The Bertz CT molecular complexity index is 1040. The summed E-state index contributed by atoms with van der Waals surface area (Å²) >= 11 is 0. The summed E-state index contributed by atoms with van der Waals surface area (Å²) in [5.41, 5.74) is 2.69. The monoisotopic (exact) mass is 348 g/mol. The number of carbonyl (C=O) groups is 1. The van der Waals surface area contributed by atoms with Crippen molar-refractivity contribution < 1.29 is 13.6 Å². The largest absolute Gasteiger partial charge is 0.459 e. The number of carbonyl (C=O) groups excluding carboxylic acids is 1. The van der Waals surface area contributed by atoms with Crippen LogP contribution >= 0.6 is 0 Å². The molecule has 132 valence electrons. The molecule has 1 atom stereocenters. The van der Waals surface area contributed by atoms with Crippen LogP contribution in [0, 0.1) is 6.92 Å². The minimum absolute atomic E-state index is 0.238. The summed E-state index contributed by atoms with van der Waals surface area (Å²) in [6.45, 7) is 4.24. The van der Waals surface area contributed by atoms with Gasteiger partial charge >= 0.3 is 6.03 Å². The molecular formula is C21H20N2O3. The van der Waals surface area contributed by atoms with Gasteiger partial charge in [-0.15, -0.1) is 0 Å². The fourth-order valence-corrected chi connectivity index (χ4v) is 3.21. The number of furan rings is 2. The number of benzene rings is 2. The molecule has 0 fully saturated rings. The molecule has 0 aliphatic heterocycles. The van der Waals surface area contributed by atoms with Crippen LogP contribution in [-0.4, -0.2) is 6.03 Å². The van der Waals surface area contributed by atoms with Gasteiger partial charge in [0.2, 0.25) is 0 Å². The lowest BCUT2D eigenvalue weighted by Gasteiger charge is -2.13. The number of urea groups is 1. The van der Waals surface area contributed by atoms with Crippen molar-refractivity contribution in [3.05, 3.63) is 71.7 Å². The molecule has 2 heterocycles. The molecule has 5 nitrogen and oxygen atoms in total. The molecular weight excluding hydrogens is 328 g/mol. The first kappa shape index (κ1) is 16.3. The van der Waals surface area contributed by atoms with Gasteiger partial charge in [0.15, 0.2) is 0 Å². The molecule has 2 aromatic heterocycles. The highest BCUT2D eigenvalue weighted by atomic mass is 16.3. The molecule has 0 saturated carbocycles. The van der Waals surface area contributed by atoms with Gasteiger partial charge in [0.25, 0.3) is 0 Å². The smallest absolute Gasteiger partial charge is 0.315 e. The maximum absolute atomic E-state index is 12.2. The lowest BCUT2D eigenvalue weighted by molar-refractivity contribution is 0.235. The molecule has 2 N–H and O–H groups in total. The van der Waals surface area contributed by atoms with Crippen LogP contribution in [0.1, 0.15) is 30.0 Å². The Morgan fingerprint density at radius 1 is 1.04 bits per heavy atom. The van der Waals surface area contributed by atoms with Gasteiger partial charge in [0.1, 0.15) is 22.7 Å². The average molecular weight is 348 g/mol. The van der Waals surface area contributed by atoms with Crippen molar-refractivity contribution in [2.75, 3.05) is 0 Å². The molecule has 0 radical (unpaired) electrons. The number of rotatable bonds is 4. The van der Waals surface area contributed by atoms with E-state index in [9.17, 15) is 4.79 Å². The Hall–Kier alpha value is -3.21. The Morgan fingerprint density at radius 3 is 2.54 bits per heavy atom. The number of nitrogens with one attached hydrogen (secondary N) is 2. The van der Waals surface area contributed by atoms with Gasteiger partial charge in [0, 0.05) is 16.3 Å². The highest BCUT2D eigenvalue weighted by Gasteiger charge is 2.18. The fourth-order valence-electron chi connectivity index (χ4n) is 3.21. The molecule has 26 heavy (non-hydrogen) atoms. The predicted octanol–water partition coefficient (Wildman–Crippen LogP) is 5.05. The second-order valence-corrected chi connectivity index (χ2v) is 6.39. The predicted molar refractivity (Wildman–Crippen MR) is 101 cm³/mol. The number of hydrogen-bond acceptors (Lipinski definition) is 3. The average Bonchev–Trinajstić information content (AvgIpc) is 3.21. The zero-order valence-electron chi connectivity index (χ0n) is 14.7. The van der Waals surface area contributed by atoms with Crippen LogP contribution in [-0.2, 0) is 6.54 Å². The van der Waals surface area contributed by atoms with E-state index in [2.05, 4.69) is 10.6 Å². The number of fused-ring (bicyclic) bond motifs is 2. The summed E-state index contributed by atoms with van der Waals surface area (Å²) in [5, 5.41) is 7.84. The van der Waals surface area contributed by atoms with Gasteiger partial charge in [-0.05, 0) is 32.0 Å². The number of para-hydroxylation sites is 2. The molecule has 0 bridgehead atoms. The van der Waals surface area contributed by atoms with Crippen LogP contribution in [0.25, 0.3) is 21.9 Å². The molecule has 5 heteroatoms. The van der Waals surface area contributed by atoms with Crippen LogP contribution in [0.4, 0.5) is 4.79 Å². The van der Waals surface area contributed by atoms with E-state index in [1.165, 1.54) is 0 Å². The van der Waals surface area contributed by atoms with Crippen molar-refractivity contribution in [1.29, 1.82) is 0 Å². The van der Waals surface area contributed by atoms with E-state index in [0.29, 0.717) is 12.3 Å². The van der Waals surface area contributed by atoms with Gasteiger partial charge in [-0.1, -0.05) is 36.4 Å². The van der Waals surface area contributed by atoms with E-state index in [-0.39, 0.29) is 12.1 Å². The first-order valence-corrected chi connectivity index (χ1v) is 8.61. The lowest BCUT2D eigenvalue weighted by Crippen LogP contribution is -2.36. The Morgan fingerprint density at radius 2 is 1.77 bits per heavy atom. The van der Waals surface area contributed by atoms with Crippen LogP contribution in [0.15, 0.2) is 63.4 Å². The van der Waals surface area contributed by atoms with Gasteiger partial charge < -0.3 is 19.5 Å². The SMILES string of the molecule is Cc1c([C@H](C)NC(=O)NCc2cc3ccccc3o2)oc2ccccc12. The summed E-state index contributed by atoms with van der Waals surface area (Å²) < 4.78 is 11.6. The van der Waals surface area contributed by atoms with Crippen LogP contribution in [0.2, 0.25) is 0 Å². The summed E-state index contributed by atoms with van der Waals surface area (Å²) in [4.78, 5) is 12.2. The summed E-state index contributed by atoms with van der Waals surface area (Å²) in [6.07, 6.45) is 0. The standard InChI is InChI=1S/C21H20N2O3/c1-13-17-8-4-6-10-19(17)26-20(13)14(2)23-21(24)22-12-16-11-15-7-3-5-9-18(15)25-16/h3-11,14H,12H2,1-2H3,(H2,22,23,24)/t14-/m0/s1. The molecule has 0 unspecified atom stereocenters. The second-order valence-electron chi connectivity index (χ2n) is 6.39. The molecule has 2 aromatic carbocycles. The maximum Gasteiger partial charge on any atom is 0.315 e. The molecule has 4 aromatic rings. The van der Waals surface area contributed by atoms with Crippen LogP contribution < -0.4 is 10.6 Å². The van der Waals surface area contributed by atoms with Gasteiger partial charge in [-0.3, -0.25) is 0 Å². The van der Waals surface area contributed by atoms with E-state index in [1.54, 1.807) is 0 Å². The van der Waals surface area contributed by atoms with E-state index in [1.807, 2.05) is 68.4 Å². The quantitative estimate of drug-likeness (QED) is 0.542. The first-order chi connectivity index (χ1) is 12.6. The lowest BCUT2D eigenvalue weighted by atomic mass is 10.1. The normalized spacial score (nSPS) is 12.4. The van der Waals surface area contributed by atoms with Crippen LogP contribution in [0.3, 0.4) is 0 Å².